The minimum atomic E-state index is -3.41. The fraction of sp³-hybridized carbons (Fsp3) is 0.227. The van der Waals surface area contributed by atoms with Crippen molar-refractivity contribution in [1.82, 2.24) is 9.55 Å². The molecule has 0 unspecified atom stereocenters. The number of benzene rings is 2. The van der Waals surface area contributed by atoms with Crippen LogP contribution in [0.3, 0.4) is 0 Å². The van der Waals surface area contributed by atoms with Gasteiger partial charge in [-0.05, 0) is 35.7 Å². The highest BCUT2D eigenvalue weighted by Crippen LogP contribution is 2.31. The number of amides is 1. The van der Waals surface area contributed by atoms with E-state index in [1.165, 1.54) is 22.0 Å². The standard InChI is InChI=1S/C22H23N5O5S/c1-25(21(29)16-8-9-17-15(12-16)10-11-27(17)33(2,31)32)18-19(23)26(22(30)24-20(18)28)13-14-6-4-3-5-7-14/h3-9,12H,10-11,13,23H2,1-2H3,(H,24,28,30). The number of aromatic nitrogens is 2. The number of sulfonamides is 1. The lowest BCUT2D eigenvalue weighted by Gasteiger charge is -2.21. The summed E-state index contributed by atoms with van der Waals surface area (Å²) in [5, 5.41) is 0. The molecule has 0 radical (unpaired) electrons. The van der Waals surface area contributed by atoms with Crippen LogP contribution < -0.4 is 26.2 Å². The summed E-state index contributed by atoms with van der Waals surface area (Å²) in [6, 6.07) is 13.8. The molecule has 1 aliphatic heterocycles. The molecule has 1 amide bonds. The topological polar surface area (TPSA) is 139 Å². The van der Waals surface area contributed by atoms with Crippen LogP contribution in [0.25, 0.3) is 0 Å². The first-order chi connectivity index (χ1) is 15.6. The van der Waals surface area contributed by atoms with Gasteiger partial charge in [-0.2, -0.15) is 0 Å². The van der Waals surface area contributed by atoms with Crippen molar-refractivity contribution in [3.05, 3.63) is 86.1 Å². The normalized spacial score (nSPS) is 13.1. The molecular formula is C22H23N5O5S. The summed E-state index contributed by atoms with van der Waals surface area (Å²) in [7, 11) is -2.01. The average Bonchev–Trinajstić information content (AvgIpc) is 3.20. The Morgan fingerprint density at radius 3 is 2.52 bits per heavy atom. The molecule has 0 fully saturated rings. The van der Waals surface area contributed by atoms with E-state index < -0.39 is 27.2 Å². The second-order valence-corrected chi connectivity index (χ2v) is 9.76. The van der Waals surface area contributed by atoms with Crippen LogP contribution in [-0.2, 0) is 23.0 Å². The van der Waals surface area contributed by atoms with E-state index in [-0.39, 0.29) is 23.6 Å². The van der Waals surface area contributed by atoms with E-state index in [0.29, 0.717) is 18.7 Å². The van der Waals surface area contributed by atoms with Crippen LogP contribution in [0.4, 0.5) is 17.2 Å². The van der Waals surface area contributed by atoms with Gasteiger partial charge >= 0.3 is 5.69 Å². The maximum Gasteiger partial charge on any atom is 0.330 e. The van der Waals surface area contributed by atoms with Crippen molar-refractivity contribution in [2.24, 2.45) is 0 Å². The molecule has 0 bridgehead atoms. The molecule has 1 aliphatic rings. The molecular weight excluding hydrogens is 446 g/mol. The van der Waals surface area contributed by atoms with Gasteiger partial charge in [-0.3, -0.25) is 23.4 Å². The molecule has 3 N–H and O–H groups in total. The second kappa shape index (κ2) is 8.24. The zero-order chi connectivity index (χ0) is 23.9. The van der Waals surface area contributed by atoms with Gasteiger partial charge in [0.1, 0.15) is 5.82 Å². The van der Waals surface area contributed by atoms with Crippen molar-refractivity contribution < 1.29 is 13.2 Å². The monoisotopic (exact) mass is 469 g/mol. The first kappa shape index (κ1) is 22.3. The molecule has 0 aliphatic carbocycles. The fourth-order valence-corrected chi connectivity index (χ4v) is 4.93. The molecule has 10 nitrogen and oxygen atoms in total. The number of fused-ring (bicyclic) bond motifs is 1. The Kier molecular flexibility index (Phi) is 5.58. The first-order valence-corrected chi connectivity index (χ1v) is 12.0. The molecule has 0 atom stereocenters. The molecule has 0 saturated heterocycles. The maximum absolute atomic E-state index is 13.2. The summed E-state index contributed by atoms with van der Waals surface area (Å²) >= 11 is 0. The third-order valence-electron chi connectivity index (χ3n) is 5.62. The Hall–Kier alpha value is -3.86. The molecule has 2 heterocycles. The van der Waals surface area contributed by atoms with Crippen LogP contribution in [0.5, 0.6) is 0 Å². The largest absolute Gasteiger partial charge is 0.383 e. The average molecular weight is 470 g/mol. The van der Waals surface area contributed by atoms with Gasteiger partial charge in [-0.1, -0.05) is 30.3 Å². The zero-order valence-electron chi connectivity index (χ0n) is 18.1. The Balaban J connectivity index is 1.69. The van der Waals surface area contributed by atoms with Crippen LogP contribution in [0.15, 0.2) is 58.1 Å². The molecule has 1 aromatic heterocycles. The van der Waals surface area contributed by atoms with Gasteiger partial charge in [0.25, 0.3) is 11.5 Å². The minimum Gasteiger partial charge on any atom is -0.383 e. The molecule has 0 saturated carbocycles. The first-order valence-electron chi connectivity index (χ1n) is 10.1. The lowest BCUT2D eigenvalue weighted by molar-refractivity contribution is 0.0992. The number of nitrogens with one attached hydrogen (secondary N) is 1. The predicted molar refractivity (Wildman–Crippen MR) is 126 cm³/mol. The smallest absolute Gasteiger partial charge is 0.330 e. The summed E-state index contributed by atoms with van der Waals surface area (Å²) in [5.41, 5.74) is 6.90. The minimum absolute atomic E-state index is 0.123. The quantitative estimate of drug-likeness (QED) is 0.566. The number of rotatable bonds is 5. The van der Waals surface area contributed by atoms with Crippen molar-refractivity contribution in [2.75, 3.05) is 34.8 Å². The molecule has 3 aromatic rings. The van der Waals surface area contributed by atoms with Gasteiger partial charge < -0.3 is 10.6 Å². The summed E-state index contributed by atoms with van der Waals surface area (Å²) in [5.74, 6) is -0.648. The molecule has 11 heteroatoms. The summed E-state index contributed by atoms with van der Waals surface area (Å²) in [6.45, 7) is 0.427. The number of hydrogen-bond donors (Lipinski definition) is 2. The van der Waals surface area contributed by atoms with Crippen LogP contribution >= 0.6 is 0 Å². The SMILES string of the molecule is CN(C(=O)c1ccc2c(c1)CCN2S(C)(=O)=O)c1c(N)n(Cc2ccccc2)c(=O)[nH]c1=O. The van der Waals surface area contributed by atoms with E-state index in [4.69, 9.17) is 5.73 Å². The van der Waals surface area contributed by atoms with Crippen molar-refractivity contribution >= 4 is 33.1 Å². The fourth-order valence-electron chi connectivity index (χ4n) is 3.97. The summed E-state index contributed by atoms with van der Waals surface area (Å²) < 4.78 is 26.4. The number of nitrogens with zero attached hydrogens (tertiary/aromatic N) is 3. The van der Waals surface area contributed by atoms with E-state index >= 15 is 0 Å². The predicted octanol–water partition coefficient (Wildman–Crippen LogP) is 0.766. The summed E-state index contributed by atoms with van der Waals surface area (Å²) in [6.07, 6.45) is 1.60. The van der Waals surface area contributed by atoms with Crippen molar-refractivity contribution in [1.29, 1.82) is 0 Å². The molecule has 33 heavy (non-hydrogen) atoms. The highest BCUT2D eigenvalue weighted by atomic mass is 32.2. The van der Waals surface area contributed by atoms with Crippen LogP contribution in [0, 0.1) is 0 Å². The maximum atomic E-state index is 13.2. The molecule has 4 rings (SSSR count). The second-order valence-electron chi connectivity index (χ2n) is 7.86. The molecule has 0 spiro atoms. The Morgan fingerprint density at radius 1 is 1.15 bits per heavy atom. The Bertz CT molecular complexity index is 1460. The number of nitrogens with two attached hydrogens (primary N) is 1. The third kappa shape index (κ3) is 4.14. The van der Waals surface area contributed by atoms with Gasteiger partial charge in [-0.15, -0.1) is 0 Å². The van der Waals surface area contributed by atoms with Gasteiger partial charge in [0.05, 0.1) is 18.5 Å². The highest BCUT2D eigenvalue weighted by molar-refractivity contribution is 7.92. The van der Waals surface area contributed by atoms with E-state index in [1.807, 2.05) is 30.3 Å². The Labute approximate surface area is 189 Å². The van der Waals surface area contributed by atoms with E-state index in [1.54, 1.807) is 12.1 Å². The Morgan fingerprint density at radius 2 is 1.85 bits per heavy atom. The number of carbonyl (C=O) groups excluding carboxylic acids is 1. The number of nitrogen functional groups attached to an aromatic ring is 1. The van der Waals surface area contributed by atoms with Crippen molar-refractivity contribution in [2.45, 2.75) is 13.0 Å². The van der Waals surface area contributed by atoms with Gasteiger partial charge in [0.2, 0.25) is 10.0 Å². The molecule has 172 valence electrons. The van der Waals surface area contributed by atoms with E-state index in [0.717, 1.165) is 22.3 Å². The third-order valence-corrected chi connectivity index (χ3v) is 6.80. The van der Waals surface area contributed by atoms with E-state index in [2.05, 4.69) is 4.98 Å². The number of anilines is 3. The van der Waals surface area contributed by atoms with Crippen LogP contribution in [-0.4, -0.2) is 43.7 Å². The number of hydrogen-bond acceptors (Lipinski definition) is 6. The summed E-state index contributed by atoms with van der Waals surface area (Å²) in [4.78, 5) is 41.5. The number of H-pyrrole nitrogens is 1. The van der Waals surface area contributed by atoms with Gasteiger partial charge in [0, 0.05) is 19.2 Å². The van der Waals surface area contributed by atoms with Crippen LogP contribution in [0.2, 0.25) is 0 Å². The molecule has 2 aromatic carbocycles. The zero-order valence-corrected chi connectivity index (χ0v) is 18.9. The van der Waals surface area contributed by atoms with Crippen LogP contribution in [0.1, 0.15) is 21.5 Å². The number of aromatic amines is 1. The van der Waals surface area contributed by atoms with Gasteiger partial charge in [-0.25, -0.2) is 13.2 Å². The van der Waals surface area contributed by atoms with Crippen molar-refractivity contribution in [3.63, 3.8) is 0 Å². The van der Waals surface area contributed by atoms with E-state index in [9.17, 15) is 22.8 Å². The number of carbonyl (C=O) groups is 1. The van der Waals surface area contributed by atoms with Gasteiger partial charge in [0.15, 0.2) is 5.69 Å². The lowest BCUT2D eigenvalue weighted by atomic mass is 10.1. The van der Waals surface area contributed by atoms with Crippen molar-refractivity contribution in [3.8, 4) is 0 Å². The highest BCUT2D eigenvalue weighted by Gasteiger charge is 2.28. The lowest BCUT2D eigenvalue weighted by Crippen LogP contribution is -2.39.